The summed E-state index contributed by atoms with van der Waals surface area (Å²) in [4.78, 5) is 22.1. The molecule has 0 amide bonds. The average Bonchev–Trinajstić information content (AvgIpc) is 2.45. The molecule has 1 aromatic carbocycles. The van der Waals surface area contributed by atoms with E-state index in [0.717, 1.165) is 42.1 Å². The molecule has 0 aliphatic carbocycles. The van der Waals surface area contributed by atoms with Gasteiger partial charge in [0.05, 0.1) is 5.69 Å². The molecule has 1 fully saturated rings. The summed E-state index contributed by atoms with van der Waals surface area (Å²) in [6.45, 7) is 5.88. The fourth-order valence-corrected chi connectivity index (χ4v) is 2.62. The summed E-state index contributed by atoms with van der Waals surface area (Å²) in [5.74, 6) is -0.335. The minimum Gasteiger partial charge on any atom is -0.475 e. The molecule has 5 heteroatoms. The van der Waals surface area contributed by atoms with Gasteiger partial charge in [-0.05, 0) is 17.9 Å². The Balaban J connectivity index is 2.26. The predicted molar refractivity (Wildman–Crippen MR) is 85.3 cm³/mol. The van der Waals surface area contributed by atoms with Crippen LogP contribution < -0.4 is 4.90 Å². The smallest absolute Gasteiger partial charge is 0.374 e. The Kier molecular flexibility index (Phi) is 3.79. The zero-order valence-corrected chi connectivity index (χ0v) is 12.8. The normalized spacial score (nSPS) is 14.0. The molecule has 1 saturated heterocycles. The number of anilines is 1. The average molecular weight is 297 g/mol. The minimum absolute atomic E-state index is 0.120. The maximum absolute atomic E-state index is 11.4. The van der Waals surface area contributed by atoms with Gasteiger partial charge >= 0.3 is 5.97 Å². The van der Waals surface area contributed by atoms with E-state index >= 15 is 0 Å². The highest BCUT2D eigenvalue weighted by atomic mass is 16.4. The first-order chi connectivity index (χ1) is 10.6. The van der Waals surface area contributed by atoms with E-state index in [1.165, 1.54) is 0 Å². The summed E-state index contributed by atoms with van der Waals surface area (Å²) < 4.78 is 0. The lowest BCUT2D eigenvalue weighted by molar-refractivity contribution is 0.0683. The number of benzene rings is 1. The summed E-state index contributed by atoms with van der Waals surface area (Å²) in [7, 11) is 0. The number of nitrogens with zero attached hydrogens (tertiary/aromatic N) is 3. The molecule has 0 saturated carbocycles. The molecular weight excluding hydrogens is 278 g/mol. The first-order valence-electron chi connectivity index (χ1n) is 7.53. The Labute approximate surface area is 129 Å². The largest absolute Gasteiger partial charge is 0.475 e. The second-order valence-electron chi connectivity index (χ2n) is 5.80. The summed E-state index contributed by atoms with van der Waals surface area (Å²) in [6.07, 6.45) is 1.11. The first-order valence-corrected chi connectivity index (χ1v) is 7.53. The van der Waals surface area contributed by atoms with Gasteiger partial charge in [-0.25, -0.2) is 14.8 Å². The van der Waals surface area contributed by atoms with Gasteiger partial charge in [0.2, 0.25) is 5.82 Å². The van der Waals surface area contributed by atoms with Crippen molar-refractivity contribution in [2.45, 2.75) is 26.2 Å². The Bertz CT molecular complexity index is 695. The van der Waals surface area contributed by atoms with Gasteiger partial charge < -0.3 is 10.0 Å². The van der Waals surface area contributed by atoms with Crippen LogP contribution in [0.4, 0.5) is 5.82 Å². The lowest BCUT2D eigenvalue weighted by atomic mass is 9.96. The van der Waals surface area contributed by atoms with E-state index in [1.54, 1.807) is 0 Å². The number of carbonyl (C=O) groups is 1. The van der Waals surface area contributed by atoms with Crippen LogP contribution in [0.3, 0.4) is 0 Å². The molecule has 0 bridgehead atoms. The van der Waals surface area contributed by atoms with Crippen LogP contribution in [0.25, 0.3) is 11.1 Å². The molecule has 0 unspecified atom stereocenters. The van der Waals surface area contributed by atoms with Gasteiger partial charge in [0.25, 0.3) is 0 Å². The molecule has 22 heavy (non-hydrogen) atoms. The Morgan fingerprint density at radius 2 is 1.86 bits per heavy atom. The molecule has 1 aliphatic heterocycles. The van der Waals surface area contributed by atoms with Crippen molar-refractivity contribution < 1.29 is 9.90 Å². The van der Waals surface area contributed by atoms with Crippen molar-refractivity contribution in [2.75, 3.05) is 18.0 Å². The second kappa shape index (κ2) is 5.75. The third-order valence-electron chi connectivity index (χ3n) is 3.87. The molecular formula is C17H19N3O2. The van der Waals surface area contributed by atoms with Crippen molar-refractivity contribution in [3.63, 3.8) is 0 Å². The Morgan fingerprint density at radius 1 is 1.18 bits per heavy atom. The molecule has 0 spiro atoms. The van der Waals surface area contributed by atoms with E-state index in [1.807, 2.05) is 44.2 Å². The number of hydrogen-bond acceptors (Lipinski definition) is 4. The molecule has 5 nitrogen and oxygen atoms in total. The molecule has 114 valence electrons. The van der Waals surface area contributed by atoms with Crippen molar-refractivity contribution in [1.29, 1.82) is 0 Å². The molecule has 0 radical (unpaired) electrons. The summed E-state index contributed by atoms with van der Waals surface area (Å²) in [6, 6.07) is 9.96. The lowest BCUT2D eigenvalue weighted by Crippen LogP contribution is -2.38. The fourth-order valence-electron chi connectivity index (χ4n) is 2.62. The van der Waals surface area contributed by atoms with Gasteiger partial charge in [0.1, 0.15) is 5.82 Å². The van der Waals surface area contributed by atoms with E-state index in [-0.39, 0.29) is 11.7 Å². The van der Waals surface area contributed by atoms with Gasteiger partial charge in [-0.15, -0.1) is 0 Å². The minimum atomic E-state index is -1.08. The molecule has 3 rings (SSSR count). The van der Waals surface area contributed by atoms with Gasteiger partial charge in [-0.1, -0.05) is 44.2 Å². The number of carboxylic acids is 1. The number of aromatic nitrogens is 2. The van der Waals surface area contributed by atoms with Crippen molar-refractivity contribution in [3.8, 4) is 11.1 Å². The van der Waals surface area contributed by atoms with Crippen LogP contribution in [0.1, 0.15) is 42.5 Å². The van der Waals surface area contributed by atoms with E-state index in [2.05, 4.69) is 14.9 Å². The van der Waals surface area contributed by atoms with Gasteiger partial charge in [-0.3, -0.25) is 0 Å². The third kappa shape index (κ3) is 2.54. The maximum Gasteiger partial charge on any atom is 0.374 e. The predicted octanol–water partition coefficient (Wildman–Crippen LogP) is 3.18. The molecule has 2 heterocycles. The standard InChI is InChI=1S/C17H19N3O2/c1-11(2)14-13(12-7-4-3-5-8-12)16(20-9-6-10-20)19-15(18-14)17(21)22/h3-5,7-8,11H,6,9-10H2,1-2H3,(H,21,22). The number of rotatable bonds is 4. The van der Waals surface area contributed by atoms with Crippen LogP contribution in [0.2, 0.25) is 0 Å². The molecule has 1 N–H and O–H groups in total. The highest BCUT2D eigenvalue weighted by Crippen LogP contribution is 2.36. The van der Waals surface area contributed by atoms with Gasteiger partial charge in [0.15, 0.2) is 0 Å². The SMILES string of the molecule is CC(C)c1nc(C(=O)O)nc(N2CCC2)c1-c1ccccc1. The second-order valence-corrected chi connectivity index (χ2v) is 5.80. The van der Waals surface area contributed by atoms with E-state index < -0.39 is 5.97 Å². The fraction of sp³-hybridized carbons (Fsp3) is 0.353. The van der Waals surface area contributed by atoms with Crippen LogP contribution in [0.5, 0.6) is 0 Å². The van der Waals surface area contributed by atoms with Crippen molar-refractivity contribution in [2.24, 2.45) is 0 Å². The van der Waals surface area contributed by atoms with Crippen molar-refractivity contribution in [1.82, 2.24) is 9.97 Å². The van der Waals surface area contributed by atoms with E-state index in [4.69, 9.17) is 0 Å². The quantitative estimate of drug-likeness (QED) is 0.939. The van der Waals surface area contributed by atoms with Crippen molar-refractivity contribution in [3.05, 3.63) is 41.9 Å². The number of hydrogen-bond donors (Lipinski definition) is 1. The van der Waals surface area contributed by atoms with Crippen molar-refractivity contribution >= 4 is 11.8 Å². The van der Waals surface area contributed by atoms with Gasteiger partial charge in [0, 0.05) is 18.7 Å². The molecule has 0 atom stereocenters. The maximum atomic E-state index is 11.4. The van der Waals surface area contributed by atoms with Crippen LogP contribution >= 0.6 is 0 Å². The summed E-state index contributed by atoms with van der Waals surface area (Å²) in [5, 5.41) is 9.31. The van der Waals surface area contributed by atoms with Crippen LogP contribution in [0, 0.1) is 0 Å². The summed E-state index contributed by atoms with van der Waals surface area (Å²) in [5.41, 5.74) is 2.78. The topological polar surface area (TPSA) is 66.3 Å². The Morgan fingerprint density at radius 3 is 2.36 bits per heavy atom. The highest BCUT2D eigenvalue weighted by molar-refractivity contribution is 5.87. The zero-order chi connectivity index (χ0) is 15.7. The highest BCUT2D eigenvalue weighted by Gasteiger charge is 2.26. The Hall–Kier alpha value is -2.43. The monoisotopic (exact) mass is 297 g/mol. The van der Waals surface area contributed by atoms with E-state index in [9.17, 15) is 9.90 Å². The number of carboxylic acid groups (broad SMARTS) is 1. The molecule has 1 aromatic heterocycles. The third-order valence-corrected chi connectivity index (χ3v) is 3.87. The first kappa shape index (κ1) is 14.5. The van der Waals surface area contributed by atoms with Crippen LogP contribution in [0.15, 0.2) is 30.3 Å². The summed E-state index contributed by atoms with van der Waals surface area (Å²) >= 11 is 0. The molecule has 2 aromatic rings. The van der Waals surface area contributed by atoms with E-state index in [0.29, 0.717) is 0 Å². The zero-order valence-electron chi connectivity index (χ0n) is 12.8. The van der Waals surface area contributed by atoms with Crippen LogP contribution in [-0.2, 0) is 0 Å². The molecule has 1 aliphatic rings. The van der Waals surface area contributed by atoms with Crippen LogP contribution in [-0.4, -0.2) is 34.1 Å². The lowest BCUT2D eigenvalue weighted by Gasteiger charge is -2.34. The number of aromatic carboxylic acids is 1. The van der Waals surface area contributed by atoms with Gasteiger partial charge in [-0.2, -0.15) is 0 Å².